The number of hydrogen-bond donors (Lipinski definition) is 1. The Balaban J connectivity index is 1.53. The first-order valence-corrected chi connectivity index (χ1v) is 10.5. The van der Waals surface area contributed by atoms with E-state index in [1.54, 1.807) is 36.4 Å². The van der Waals surface area contributed by atoms with Gasteiger partial charge in [-0.2, -0.15) is 4.72 Å². The van der Waals surface area contributed by atoms with Gasteiger partial charge in [-0.15, -0.1) is 10.2 Å². The lowest BCUT2D eigenvalue weighted by Crippen LogP contribution is -2.30. The van der Waals surface area contributed by atoms with Crippen LogP contribution in [0.25, 0.3) is 11.5 Å². The number of esters is 1. The van der Waals surface area contributed by atoms with Crippen LogP contribution in [-0.2, 0) is 26.2 Å². The quantitative estimate of drug-likeness (QED) is 0.511. The highest BCUT2D eigenvalue weighted by Crippen LogP contribution is 2.20. The Morgan fingerprint density at radius 2 is 1.93 bits per heavy atom. The van der Waals surface area contributed by atoms with Gasteiger partial charge >= 0.3 is 5.97 Å². The van der Waals surface area contributed by atoms with Gasteiger partial charge in [-0.3, -0.25) is 4.79 Å². The number of hydrogen-bond acceptors (Lipinski definition) is 7. The van der Waals surface area contributed by atoms with Crippen LogP contribution in [0.4, 0.5) is 0 Å². The Hall–Kier alpha value is -2.27. The number of sulfonamides is 1. The number of nitrogens with zero attached hydrogens (tertiary/aromatic N) is 2. The minimum absolute atomic E-state index is 0.0270. The minimum Gasteiger partial charge on any atom is -0.455 e. The Bertz CT molecular complexity index is 1090. The van der Waals surface area contributed by atoms with Crippen LogP contribution < -0.4 is 4.72 Å². The molecule has 1 N–H and O–H groups in total. The summed E-state index contributed by atoms with van der Waals surface area (Å²) in [6, 6.07) is 12.9. The molecule has 0 bridgehead atoms. The van der Waals surface area contributed by atoms with E-state index in [1.807, 2.05) is 0 Å². The van der Waals surface area contributed by atoms with Crippen molar-refractivity contribution in [3.8, 4) is 11.5 Å². The first kappa shape index (κ1) is 20.5. The molecule has 2 aromatic carbocycles. The second-order valence-corrected chi connectivity index (χ2v) is 8.57. The Morgan fingerprint density at radius 1 is 1.18 bits per heavy atom. The maximum absolute atomic E-state index is 12.2. The third-order valence-electron chi connectivity index (χ3n) is 3.43. The van der Waals surface area contributed by atoms with Gasteiger partial charge in [0.05, 0.1) is 4.90 Å². The molecule has 0 saturated carbocycles. The van der Waals surface area contributed by atoms with Crippen molar-refractivity contribution in [1.82, 2.24) is 14.9 Å². The highest BCUT2D eigenvalue weighted by atomic mass is 79.9. The summed E-state index contributed by atoms with van der Waals surface area (Å²) >= 11 is 9.02. The molecule has 0 atom stereocenters. The zero-order valence-electron chi connectivity index (χ0n) is 14.1. The zero-order valence-corrected chi connectivity index (χ0v) is 17.3. The lowest BCUT2D eigenvalue weighted by molar-refractivity contribution is -0.144. The van der Waals surface area contributed by atoms with Crippen molar-refractivity contribution >= 4 is 43.5 Å². The van der Waals surface area contributed by atoms with Gasteiger partial charge < -0.3 is 9.15 Å². The summed E-state index contributed by atoms with van der Waals surface area (Å²) in [5.41, 5.74) is 0.663. The van der Waals surface area contributed by atoms with Crippen molar-refractivity contribution in [3.63, 3.8) is 0 Å². The third-order valence-corrected chi connectivity index (χ3v) is 5.57. The monoisotopic (exact) mass is 485 g/mol. The van der Waals surface area contributed by atoms with Crippen LogP contribution in [0.15, 0.2) is 62.3 Å². The van der Waals surface area contributed by atoms with Crippen molar-refractivity contribution in [3.05, 3.63) is 63.9 Å². The molecule has 28 heavy (non-hydrogen) atoms. The van der Waals surface area contributed by atoms with Gasteiger partial charge in [-0.25, -0.2) is 8.42 Å². The van der Waals surface area contributed by atoms with Crippen LogP contribution in [-0.4, -0.2) is 31.1 Å². The van der Waals surface area contributed by atoms with E-state index in [0.717, 1.165) is 0 Å². The van der Waals surface area contributed by atoms with Gasteiger partial charge in [0.2, 0.25) is 15.9 Å². The summed E-state index contributed by atoms with van der Waals surface area (Å²) in [6.07, 6.45) is 0. The zero-order chi connectivity index (χ0) is 20.1. The first-order chi connectivity index (χ1) is 13.3. The third kappa shape index (κ3) is 5.38. The molecule has 0 spiro atoms. The molecule has 8 nitrogen and oxygen atoms in total. The molecule has 3 aromatic rings. The molecule has 0 aliphatic heterocycles. The first-order valence-electron chi connectivity index (χ1n) is 7.83. The van der Waals surface area contributed by atoms with Crippen LogP contribution in [0.5, 0.6) is 0 Å². The van der Waals surface area contributed by atoms with Crippen molar-refractivity contribution in [2.24, 2.45) is 0 Å². The average Bonchev–Trinajstić information content (AvgIpc) is 3.14. The highest BCUT2D eigenvalue weighted by Gasteiger charge is 2.17. The van der Waals surface area contributed by atoms with E-state index < -0.39 is 22.5 Å². The van der Waals surface area contributed by atoms with Crippen LogP contribution in [0.2, 0.25) is 5.02 Å². The summed E-state index contributed by atoms with van der Waals surface area (Å²) in [6.45, 7) is -0.814. The molecule has 0 aliphatic carbocycles. The largest absolute Gasteiger partial charge is 0.455 e. The van der Waals surface area contributed by atoms with Gasteiger partial charge in [0.15, 0.2) is 6.61 Å². The van der Waals surface area contributed by atoms with E-state index in [4.69, 9.17) is 20.8 Å². The highest BCUT2D eigenvalue weighted by molar-refractivity contribution is 9.10. The maximum atomic E-state index is 12.2. The van der Waals surface area contributed by atoms with Crippen molar-refractivity contribution in [2.75, 3.05) is 6.54 Å². The Labute approximate surface area is 174 Å². The topological polar surface area (TPSA) is 111 Å². The summed E-state index contributed by atoms with van der Waals surface area (Å²) < 4.78 is 37.5. The molecule has 0 aliphatic rings. The maximum Gasteiger partial charge on any atom is 0.321 e. The lowest BCUT2D eigenvalue weighted by Gasteiger charge is -2.06. The summed E-state index contributed by atoms with van der Waals surface area (Å²) in [5.74, 6) is -0.462. The van der Waals surface area contributed by atoms with Crippen molar-refractivity contribution in [1.29, 1.82) is 0 Å². The van der Waals surface area contributed by atoms with E-state index in [-0.39, 0.29) is 23.3 Å². The van der Waals surface area contributed by atoms with Gasteiger partial charge in [-0.05, 0) is 42.5 Å². The second-order valence-electron chi connectivity index (χ2n) is 5.45. The molecule has 0 radical (unpaired) electrons. The van der Waals surface area contributed by atoms with E-state index in [9.17, 15) is 13.2 Å². The summed E-state index contributed by atoms with van der Waals surface area (Å²) in [4.78, 5) is 11.8. The fourth-order valence-electron chi connectivity index (χ4n) is 2.09. The number of aromatic nitrogens is 2. The molecule has 11 heteroatoms. The number of carbonyl (C=O) groups is 1. The molecule has 0 amide bonds. The van der Waals surface area contributed by atoms with Crippen LogP contribution >= 0.6 is 27.5 Å². The van der Waals surface area contributed by atoms with Crippen molar-refractivity contribution in [2.45, 2.75) is 11.5 Å². The molecular weight excluding hydrogens is 474 g/mol. The average molecular weight is 487 g/mol. The van der Waals surface area contributed by atoms with Crippen molar-refractivity contribution < 1.29 is 22.4 Å². The second kappa shape index (κ2) is 8.82. The summed E-state index contributed by atoms with van der Waals surface area (Å²) in [5, 5.41) is 8.21. The number of benzene rings is 2. The molecule has 3 rings (SSSR count). The van der Waals surface area contributed by atoms with Crippen LogP contribution in [0.1, 0.15) is 5.89 Å². The van der Waals surface area contributed by atoms with Gasteiger partial charge in [0.1, 0.15) is 6.54 Å². The van der Waals surface area contributed by atoms with Gasteiger partial charge in [-0.1, -0.05) is 33.6 Å². The predicted molar refractivity (Wildman–Crippen MR) is 104 cm³/mol. The predicted octanol–water partition coefficient (Wildman–Crippen LogP) is 3.17. The van der Waals surface area contributed by atoms with Gasteiger partial charge in [0.25, 0.3) is 5.89 Å². The van der Waals surface area contributed by atoms with E-state index in [1.165, 1.54) is 12.1 Å². The lowest BCUT2D eigenvalue weighted by atomic mass is 10.2. The van der Waals surface area contributed by atoms with Crippen LogP contribution in [0.3, 0.4) is 0 Å². The minimum atomic E-state index is -3.84. The molecule has 1 aromatic heterocycles. The molecule has 0 saturated heterocycles. The van der Waals surface area contributed by atoms with E-state index in [0.29, 0.717) is 15.1 Å². The number of carbonyl (C=O) groups excluding carboxylic acids is 1. The SMILES string of the molecule is O=C(CNS(=O)(=O)c1cccc(Br)c1)OCc1nnc(-c2ccc(Cl)cc2)o1. The normalized spacial score (nSPS) is 11.4. The van der Waals surface area contributed by atoms with E-state index in [2.05, 4.69) is 30.8 Å². The number of rotatable bonds is 7. The van der Waals surface area contributed by atoms with Gasteiger partial charge in [0, 0.05) is 15.1 Å². The number of nitrogens with one attached hydrogen (secondary N) is 1. The molecule has 0 unspecified atom stereocenters. The Kier molecular flexibility index (Phi) is 6.45. The molecule has 0 fully saturated rings. The molecule has 1 heterocycles. The standard InChI is InChI=1S/C17H13BrClN3O5S/c18-12-2-1-3-14(8-12)28(24,25)20-9-16(23)26-10-15-21-22-17(27-15)11-4-6-13(19)7-5-11/h1-8,20H,9-10H2. The fraction of sp³-hybridized carbons (Fsp3) is 0.118. The van der Waals surface area contributed by atoms with E-state index >= 15 is 0 Å². The molecular formula is C17H13BrClN3O5S. The number of ether oxygens (including phenoxy) is 1. The Morgan fingerprint density at radius 3 is 2.64 bits per heavy atom. The molecule has 146 valence electrons. The number of halogens is 2. The fourth-order valence-corrected chi connectivity index (χ4v) is 3.78. The summed E-state index contributed by atoms with van der Waals surface area (Å²) in [7, 11) is -3.84. The van der Waals surface area contributed by atoms with Crippen LogP contribution in [0, 0.1) is 0 Å². The smallest absolute Gasteiger partial charge is 0.321 e.